The van der Waals surface area contributed by atoms with Crippen LogP contribution >= 0.6 is 0 Å². The molecule has 3 nitrogen and oxygen atoms in total. The second-order valence-electron chi connectivity index (χ2n) is 6.18. The van der Waals surface area contributed by atoms with Gasteiger partial charge in [0.1, 0.15) is 0 Å². The quantitative estimate of drug-likeness (QED) is 0.846. The highest BCUT2D eigenvalue weighted by Crippen LogP contribution is 2.24. The third kappa shape index (κ3) is 3.33. The first-order valence-corrected chi connectivity index (χ1v) is 7.58. The number of carbonyl (C=O) groups excluding carboxylic acids is 1. The number of carbonyl (C=O) groups is 1. The smallest absolute Gasteiger partial charge is 0.222 e. The van der Waals surface area contributed by atoms with E-state index in [2.05, 4.69) is 50.8 Å². The molecule has 1 aliphatic rings. The maximum absolute atomic E-state index is 12.1. The van der Waals surface area contributed by atoms with Gasteiger partial charge in [0.2, 0.25) is 5.91 Å². The maximum atomic E-state index is 12.1. The van der Waals surface area contributed by atoms with Crippen LogP contribution in [-0.2, 0) is 4.79 Å². The van der Waals surface area contributed by atoms with Gasteiger partial charge >= 0.3 is 0 Å². The van der Waals surface area contributed by atoms with Gasteiger partial charge in [0.25, 0.3) is 0 Å². The van der Waals surface area contributed by atoms with E-state index >= 15 is 0 Å². The van der Waals surface area contributed by atoms with Crippen molar-refractivity contribution in [1.82, 2.24) is 4.90 Å². The molecule has 0 aromatic heterocycles. The first-order valence-electron chi connectivity index (χ1n) is 7.58. The van der Waals surface area contributed by atoms with Crippen molar-refractivity contribution in [3.63, 3.8) is 0 Å². The zero-order chi connectivity index (χ0) is 14.7. The third-order valence-electron chi connectivity index (χ3n) is 4.13. The van der Waals surface area contributed by atoms with Gasteiger partial charge in [-0.15, -0.1) is 0 Å². The predicted octanol–water partition coefficient (Wildman–Crippen LogP) is 3.00. The Bertz CT molecular complexity index is 474. The molecule has 0 unspecified atom stereocenters. The minimum absolute atomic E-state index is 0.306. The van der Waals surface area contributed by atoms with Crippen molar-refractivity contribution in [2.75, 3.05) is 31.1 Å². The zero-order valence-corrected chi connectivity index (χ0v) is 13.1. The Hall–Kier alpha value is -1.51. The van der Waals surface area contributed by atoms with Crippen molar-refractivity contribution >= 4 is 11.6 Å². The van der Waals surface area contributed by atoms with Crippen LogP contribution in [0.4, 0.5) is 5.69 Å². The van der Waals surface area contributed by atoms with E-state index < -0.39 is 0 Å². The Morgan fingerprint density at radius 3 is 2.40 bits per heavy atom. The molecule has 1 aromatic carbocycles. The molecule has 0 atom stereocenters. The molecule has 0 saturated carbocycles. The van der Waals surface area contributed by atoms with Crippen molar-refractivity contribution < 1.29 is 4.79 Å². The molecule has 1 amide bonds. The second-order valence-corrected chi connectivity index (χ2v) is 6.18. The standard InChI is InChI=1S/C17H26N2O/c1-13(2)12-17(20)19-10-8-18(9-11-19)16-7-5-6-14(3)15(16)4/h5-7,13H,8-12H2,1-4H3. The first kappa shape index (κ1) is 14.9. The summed E-state index contributed by atoms with van der Waals surface area (Å²) in [5, 5.41) is 0. The SMILES string of the molecule is Cc1cccc(N2CCN(C(=O)CC(C)C)CC2)c1C. The highest BCUT2D eigenvalue weighted by molar-refractivity contribution is 5.76. The molecular formula is C17H26N2O. The summed E-state index contributed by atoms with van der Waals surface area (Å²) in [5.41, 5.74) is 4.01. The lowest BCUT2D eigenvalue weighted by molar-refractivity contribution is -0.132. The van der Waals surface area contributed by atoms with Crippen LogP contribution in [0.15, 0.2) is 18.2 Å². The van der Waals surface area contributed by atoms with Crippen molar-refractivity contribution in [2.24, 2.45) is 5.92 Å². The lowest BCUT2D eigenvalue weighted by Gasteiger charge is -2.37. The van der Waals surface area contributed by atoms with Gasteiger partial charge in [0, 0.05) is 38.3 Å². The topological polar surface area (TPSA) is 23.6 Å². The molecule has 0 N–H and O–H groups in total. The summed E-state index contributed by atoms with van der Waals surface area (Å²) < 4.78 is 0. The summed E-state index contributed by atoms with van der Waals surface area (Å²) in [6.45, 7) is 12.1. The summed E-state index contributed by atoms with van der Waals surface area (Å²) in [4.78, 5) is 16.5. The lowest BCUT2D eigenvalue weighted by atomic mass is 10.1. The molecule has 1 aliphatic heterocycles. The number of hydrogen-bond acceptors (Lipinski definition) is 2. The molecule has 0 radical (unpaired) electrons. The van der Waals surface area contributed by atoms with Gasteiger partial charge in [-0.05, 0) is 37.0 Å². The molecule has 0 aliphatic carbocycles. The van der Waals surface area contributed by atoms with E-state index in [9.17, 15) is 4.79 Å². The van der Waals surface area contributed by atoms with E-state index in [0.717, 1.165) is 26.2 Å². The van der Waals surface area contributed by atoms with Crippen LogP contribution < -0.4 is 4.90 Å². The average molecular weight is 274 g/mol. The lowest BCUT2D eigenvalue weighted by Crippen LogP contribution is -2.49. The van der Waals surface area contributed by atoms with Crippen LogP contribution in [0, 0.1) is 19.8 Å². The Kier molecular flexibility index (Phi) is 4.69. The van der Waals surface area contributed by atoms with Gasteiger partial charge in [0.15, 0.2) is 0 Å². The van der Waals surface area contributed by atoms with E-state index in [1.165, 1.54) is 16.8 Å². The minimum Gasteiger partial charge on any atom is -0.368 e. The molecule has 1 heterocycles. The Morgan fingerprint density at radius 2 is 1.80 bits per heavy atom. The molecule has 0 spiro atoms. The Balaban J connectivity index is 1.97. The highest BCUT2D eigenvalue weighted by atomic mass is 16.2. The van der Waals surface area contributed by atoms with Gasteiger partial charge in [0.05, 0.1) is 0 Å². The van der Waals surface area contributed by atoms with E-state index in [1.807, 2.05) is 4.90 Å². The fourth-order valence-corrected chi connectivity index (χ4v) is 2.75. The fourth-order valence-electron chi connectivity index (χ4n) is 2.75. The Morgan fingerprint density at radius 1 is 1.15 bits per heavy atom. The van der Waals surface area contributed by atoms with Crippen molar-refractivity contribution in [3.8, 4) is 0 Å². The fraction of sp³-hybridized carbons (Fsp3) is 0.588. The van der Waals surface area contributed by atoms with Crippen LogP contribution in [0.3, 0.4) is 0 Å². The monoisotopic (exact) mass is 274 g/mol. The van der Waals surface area contributed by atoms with Crippen LogP contribution in [0.1, 0.15) is 31.4 Å². The van der Waals surface area contributed by atoms with Gasteiger partial charge in [-0.1, -0.05) is 26.0 Å². The predicted molar refractivity (Wildman–Crippen MR) is 84.2 cm³/mol. The zero-order valence-electron chi connectivity index (χ0n) is 13.1. The van der Waals surface area contributed by atoms with E-state index in [0.29, 0.717) is 18.2 Å². The molecule has 1 saturated heterocycles. The number of hydrogen-bond donors (Lipinski definition) is 0. The molecule has 1 aromatic rings. The summed E-state index contributed by atoms with van der Waals surface area (Å²) in [6.07, 6.45) is 0.670. The van der Waals surface area contributed by atoms with E-state index in [1.54, 1.807) is 0 Å². The summed E-state index contributed by atoms with van der Waals surface area (Å²) in [7, 11) is 0. The number of benzene rings is 1. The molecule has 20 heavy (non-hydrogen) atoms. The Labute approximate surface area is 122 Å². The van der Waals surface area contributed by atoms with Crippen LogP contribution in [0.5, 0.6) is 0 Å². The average Bonchev–Trinajstić information content (AvgIpc) is 2.41. The van der Waals surface area contributed by atoms with Crippen LogP contribution in [0.25, 0.3) is 0 Å². The number of piperazine rings is 1. The van der Waals surface area contributed by atoms with Gasteiger partial charge in [-0.2, -0.15) is 0 Å². The summed E-state index contributed by atoms with van der Waals surface area (Å²) in [6, 6.07) is 6.46. The molecule has 1 fully saturated rings. The normalized spacial score (nSPS) is 15.8. The number of amides is 1. The highest BCUT2D eigenvalue weighted by Gasteiger charge is 2.22. The van der Waals surface area contributed by atoms with Crippen LogP contribution in [-0.4, -0.2) is 37.0 Å². The number of anilines is 1. The largest absolute Gasteiger partial charge is 0.368 e. The van der Waals surface area contributed by atoms with Crippen molar-refractivity contribution in [1.29, 1.82) is 0 Å². The molecule has 3 heteroatoms. The minimum atomic E-state index is 0.306. The summed E-state index contributed by atoms with van der Waals surface area (Å²) >= 11 is 0. The first-order chi connectivity index (χ1) is 9.49. The molecule has 0 bridgehead atoms. The van der Waals surface area contributed by atoms with Gasteiger partial charge in [-0.25, -0.2) is 0 Å². The molecular weight excluding hydrogens is 248 g/mol. The number of nitrogens with zero attached hydrogens (tertiary/aromatic N) is 2. The van der Waals surface area contributed by atoms with Gasteiger partial charge in [-0.3, -0.25) is 4.79 Å². The molecule has 2 rings (SSSR count). The number of aryl methyl sites for hydroxylation is 1. The van der Waals surface area contributed by atoms with E-state index in [4.69, 9.17) is 0 Å². The number of rotatable bonds is 3. The third-order valence-corrected chi connectivity index (χ3v) is 4.13. The second kappa shape index (κ2) is 6.29. The van der Waals surface area contributed by atoms with E-state index in [-0.39, 0.29) is 0 Å². The van der Waals surface area contributed by atoms with Crippen molar-refractivity contribution in [3.05, 3.63) is 29.3 Å². The van der Waals surface area contributed by atoms with Crippen LogP contribution in [0.2, 0.25) is 0 Å². The van der Waals surface area contributed by atoms with Crippen molar-refractivity contribution in [2.45, 2.75) is 34.1 Å². The van der Waals surface area contributed by atoms with Gasteiger partial charge < -0.3 is 9.80 Å². The summed E-state index contributed by atoms with van der Waals surface area (Å²) in [5.74, 6) is 0.750. The maximum Gasteiger partial charge on any atom is 0.222 e. The molecule has 110 valence electrons.